The number of nitrogens with one attached hydrogen (secondary N) is 2. The van der Waals surface area contributed by atoms with Crippen molar-refractivity contribution in [2.75, 3.05) is 11.9 Å². The van der Waals surface area contributed by atoms with E-state index in [9.17, 15) is 13.6 Å². The number of aromatic nitrogens is 3. The van der Waals surface area contributed by atoms with Gasteiger partial charge >= 0.3 is 0 Å². The molecule has 0 aliphatic carbocycles. The molecule has 0 aliphatic heterocycles. The monoisotopic (exact) mass is 477 g/mol. The number of halogens is 2. The van der Waals surface area contributed by atoms with E-state index in [4.69, 9.17) is 4.74 Å². The average Bonchev–Trinajstić information content (AvgIpc) is 2.88. The van der Waals surface area contributed by atoms with E-state index >= 15 is 0 Å². The number of carbonyl (C=O) groups is 1. The standard InChI is InChI=1S/C26H25F2N5O2/c1-3-17(4-2)30-24(34)15-35-19-8-10-23-20(13-19)26(31-18-7-9-21(27)22(28)12-18)33-25(32-23)16-6-5-11-29-14-16/h5-14,17H,3-4,15H2,1-2H3,(H,30,34)(H,31,32,33). The first-order valence-corrected chi connectivity index (χ1v) is 11.3. The number of amides is 1. The molecular formula is C26H25F2N5O2. The maximum absolute atomic E-state index is 13.8. The molecule has 4 aromatic rings. The van der Waals surface area contributed by atoms with Crippen LogP contribution in [0.25, 0.3) is 22.3 Å². The molecule has 0 aliphatic rings. The van der Waals surface area contributed by atoms with Crippen molar-refractivity contribution in [3.8, 4) is 17.1 Å². The van der Waals surface area contributed by atoms with Gasteiger partial charge in [0.25, 0.3) is 5.91 Å². The van der Waals surface area contributed by atoms with Crippen LogP contribution in [0.15, 0.2) is 60.9 Å². The lowest BCUT2D eigenvalue weighted by molar-refractivity contribution is -0.123. The summed E-state index contributed by atoms with van der Waals surface area (Å²) in [5, 5.41) is 6.56. The van der Waals surface area contributed by atoms with E-state index in [2.05, 4.69) is 25.6 Å². The second-order valence-corrected chi connectivity index (χ2v) is 7.94. The molecule has 0 saturated heterocycles. The minimum absolute atomic E-state index is 0.105. The highest BCUT2D eigenvalue weighted by atomic mass is 19.2. The lowest BCUT2D eigenvalue weighted by atomic mass is 10.2. The van der Waals surface area contributed by atoms with Crippen molar-refractivity contribution in [2.24, 2.45) is 0 Å². The van der Waals surface area contributed by atoms with Crippen LogP contribution in [0, 0.1) is 11.6 Å². The normalized spacial score (nSPS) is 11.0. The van der Waals surface area contributed by atoms with Gasteiger partial charge in [-0.3, -0.25) is 9.78 Å². The van der Waals surface area contributed by atoms with Gasteiger partial charge in [-0.1, -0.05) is 13.8 Å². The van der Waals surface area contributed by atoms with Crippen LogP contribution in [-0.2, 0) is 4.79 Å². The molecule has 0 saturated carbocycles. The Morgan fingerprint density at radius 2 is 1.86 bits per heavy atom. The van der Waals surface area contributed by atoms with Crippen molar-refractivity contribution in [1.82, 2.24) is 20.3 Å². The molecule has 0 fully saturated rings. The van der Waals surface area contributed by atoms with Gasteiger partial charge in [0.15, 0.2) is 24.1 Å². The first-order valence-electron chi connectivity index (χ1n) is 11.3. The largest absolute Gasteiger partial charge is 0.484 e. The summed E-state index contributed by atoms with van der Waals surface area (Å²) >= 11 is 0. The second-order valence-electron chi connectivity index (χ2n) is 7.94. The van der Waals surface area contributed by atoms with Gasteiger partial charge in [0.05, 0.1) is 5.52 Å². The molecular weight excluding hydrogens is 452 g/mol. The quantitative estimate of drug-likeness (QED) is 0.336. The Hall–Kier alpha value is -4.14. The summed E-state index contributed by atoms with van der Waals surface area (Å²) in [5.74, 6) is -0.902. The number of carbonyl (C=O) groups excluding carboxylic acids is 1. The van der Waals surface area contributed by atoms with Crippen molar-refractivity contribution < 1.29 is 18.3 Å². The zero-order valence-corrected chi connectivity index (χ0v) is 19.4. The van der Waals surface area contributed by atoms with Crippen molar-refractivity contribution in [1.29, 1.82) is 0 Å². The van der Waals surface area contributed by atoms with E-state index in [1.165, 1.54) is 6.07 Å². The van der Waals surface area contributed by atoms with Gasteiger partial charge in [-0.05, 0) is 55.3 Å². The van der Waals surface area contributed by atoms with Gasteiger partial charge in [0.1, 0.15) is 11.6 Å². The Morgan fingerprint density at radius 1 is 1.03 bits per heavy atom. The summed E-state index contributed by atoms with van der Waals surface area (Å²) in [6.07, 6.45) is 4.97. The Labute approximate surface area is 201 Å². The summed E-state index contributed by atoms with van der Waals surface area (Å²) < 4.78 is 32.9. The minimum atomic E-state index is -0.978. The molecule has 2 N–H and O–H groups in total. The van der Waals surface area contributed by atoms with E-state index in [0.717, 1.165) is 25.0 Å². The fourth-order valence-corrected chi connectivity index (χ4v) is 3.54. The zero-order valence-electron chi connectivity index (χ0n) is 19.4. The first-order chi connectivity index (χ1) is 17.0. The number of benzene rings is 2. The predicted molar refractivity (Wildman–Crippen MR) is 130 cm³/mol. The van der Waals surface area contributed by atoms with Crippen LogP contribution < -0.4 is 15.4 Å². The predicted octanol–water partition coefficient (Wildman–Crippen LogP) is 5.40. The summed E-state index contributed by atoms with van der Waals surface area (Å²) in [5.41, 5.74) is 1.61. The van der Waals surface area contributed by atoms with Crippen molar-refractivity contribution in [3.05, 3.63) is 72.6 Å². The molecule has 4 rings (SSSR count). The van der Waals surface area contributed by atoms with E-state index < -0.39 is 11.6 Å². The van der Waals surface area contributed by atoms with Crippen LogP contribution in [0.5, 0.6) is 5.75 Å². The smallest absolute Gasteiger partial charge is 0.258 e. The molecule has 2 aromatic heterocycles. The van der Waals surface area contributed by atoms with Crippen LogP contribution in [0.3, 0.4) is 0 Å². The maximum atomic E-state index is 13.8. The highest BCUT2D eigenvalue weighted by Gasteiger charge is 2.14. The maximum Gasteiger partial charge on any atom is 0.258 e. The molecule has 0 spiro atoms. The highest BCUT2D eigenvalue weighted by molar-refractivity contribution is 5.93. The number of anilines is 2. The van der Waals surface area contributed by atoms with Gasteiger partial charge < -0.3 is 15.4 Å². The number of pyridine rings is 1. The Balaban J connectivity index is 1.67. The molecule has 2 aromatic carbocycles. The molecule has 180 valence electrons. The number of fused-ring (bicyclic) bond motifs is 1. The number of hydrogen-bond donors (Lipinski definition) is 2. The molecule has 35 heavy (non-hydrogen) atoms. The topological polar surface area (TPSA) is 89.0 Å². The third-order valence-corrected chi connectivity index (χ3v) is 5.49. The number of ether oxygens (including phenoxy) is 1. The van der Waals surface area contributed by atoms with Crippen LogP contribution in [0.1, 0.15) is 26.7 Å². The fraction of sp³-hybridized carbons (Fsp3) is 0.231. The average molecular weight is 478 g/mol. The van der Waals surface area contributed by atoms with Gasteiger partial charge in [0.2, 0.25) is 0 Å². The summed E-state index contributed by atoms with van der Waals surface area (Å²) in [6, 6.07) is 12.4. The van der Waals surface area contributed by atoms with Gasteiger partial charge in [-0.25, -0.2) is 18.7 Å². The number of rotatable bonds is 9. The molecule has 0 unspecified atom stereocenters. The van der Waals surface area contributed by atoms with E-state index in [0.29, 0.717) is 39.5 Å². The number of nitrogens with zero attached hydrogens (tertiary/aromatic N) is 3. The van der Waals surface area contributed by atoms with E-state index in [-0.39, 0.29) is 18.6 Å². The molecule has 0 radical (unpaired) electrons. The molecule has 0 bridgehead atoms. The van der Waals surface area contributed by atoms with Crippen LogP contribution in [-0.4, -0.2) is 33.5 Å². The Bertz CT molecular complexity index is 1330. The second kappa shape index (κ2) is 10.9. The van der Waals surface area contributed by atoms with E-state index in [1.54, 1.807) is 36.7 Å². The number of hydrogen-bond acceptors (Lipinski definition) is 6. The van der Waals surface area contributed by atoms with Crippen molar-refractivity contribution in [3.63, 3.8) is 0 Å². The molecule has 1 amide bonds. The molecule has 7 nitrogen and oxygen atoms in total. The first kappa shape index (κ1) is 24.0. The highest BCUT2D eigenvalue weighted by Crippen LogP contribution is 2.30. The zero-order chi connectivity index (χ0) is 24.8. The lowest BCUT2D eigenvalue weighted by Gasteiger charge is -2.15. The summed E-state index contributed by atoms with van der Waals surface area (Å²) in [6.45, 7) is 3.89. The van der Waals surface area contributed by atoms with Gasteiger partial charge in [0, 0.05) is 41.1 Å². The van der Waals surface area contributed by atoms with E-state index in [1.807, 2.05) is 19.9 Å². The summed E-state index contributed by atoms with van der Waals surface area (Å²) in [4.78, 5) is 25.6. The third kappa shape index (κ3) is 5.87. The Morgan fingerprint density at radius 3 is 2.57 bits per heavy atom. The fourth-order valence-electron chi connectivity index (χ4n) is 3.54. The lowest BCUT2D eigenvalue weighted by Crippen LogP contribution is -2.37. The van der Waals surface area contributed by atoms with Crippen LogP contribution >= 0.6 is 0 Å². The van der Waals surface area contributed by atoms with Crippen molar-refractivity contribution in [2.45, 2.75) is 32.7 Å². The molecule has 2 heterocycles. The molecule has 9 heteroatoms. The summed E-state index contributed by atoms with van der Waals surface area (Å²) in [7, 11) is 0. The third-order valence-electron chi connectivity index (χ3n) is 5.49. The SMILES string of the molecule is CCC(CC)NC(=O)COc1ccc2nc(-c3cccnc3)nc(Nc3ccc(F)c(F)c3)c2c1. The van der Waals surface area contributed by atoms with Crippen molar-refractivity contribution >= 4 is 28.3 Å². The minimum Gasteiger partial charge on any atom is -0.484 e. The van der Waals surface area contributed by atoms with Gasteiger partial charge in [-0.2, -0.15) is 0 Å². The van der Waals surface area contributed by atoms with Crippen LogP contribution in [0.4, 0.5) is 20.3 Å². The van der Waals surface area contributed by atoms with Gasteiger partial charge in [-0.15, -0.1) is 0 Å². The molecule has 0 atom stereocenters. The Kier molecular flexibility index (Phi) is 7.45. The van der Waals surface area contributed by atoms with Crippen LogP contribution in [0.2, 0.25) is 0 Å².